The van der Waals surface area contributed by atoms with Crippen LogP contribution in [0.5, 0.6) is 5.75 Å². The number of carbonyl (C=O) groups is 4. The van der Waals surface area contributed by atoms with Gasteiger partial charge in [0.25, 0.3) is 5.91 Å². The standard InChI is InChI=1S/C27H25ClN2O10S2/c28-21-4-2-1-3-18(21)14-41(38)15-24(32)22(12-25(33)34)30-26(35)17-7-5-16(6-8-17)13-29-42(39,40)19-9-10-23(31)20(11-19)27(36)37/h1-11,22,29,31H,12-15H2,(H,30,35)(H,33,34)(H,36,37)/t22-,41?/m0/s1. The molecule has 1 amide bonds. The van der Waals surface area contributed by atoms with Crippen molar-refractivity contribution in [2.24, 2.45) is 0 Å². The zero-order valence-corrected chi connectivity index (χ0v) is 24.0. The number of hydrogen-bond donors (Lipinski definition) is 5. The highest BCUT2D eigenvalue weighted by molar-refractivity contribution is 7.89. The van der Waals surface area contributed by atoms with E-state index >= 15 is 0 Å². The van der Waals surface area contributed by atoms with Crippen LogP contribution in [-0.4, -0.2) is 63.4 Å². The predicted octanol–water partition coefficient (Wildman–Crippen LogP) is 2.31. The highest BCUT2D eigenvalue weighted by atomic mass is 35.5. The summed E-state index contributed by atoms with van der Waals surface area (Å²) in [6.07, 6.45) is -0.728. The molecule has 1 unspecified atom stereocenters. The van der Waals surface area contributed by atoms with Gasteiger partial charge in [0, 0.05) is 27.9 Å². The lowest BCUT2D eigenvalue weighted by Crippen LogP contribution is -2.44. The summed E-state index contributed by atoms with van der Waals surface area (Å²) < 4.78 is 40.0. The third-order valence-corrected chi connectivity index (χ3v) is 8.85. The largest absolute Gasteiger partial charge is 0.507 e. The van der Waals surface area contributed by atoms with Crippen molar-refractivity contribution in [3.8, 4) is 5.75 Å². The van der Waals surface area contributed by atoms with Crippen LogP contribution in [0.25, 0.3) is 0 Å². The molecule has 0 spiro atoms. The van der Waals surface area contributed by atoms with Crippen molar-refractivity contribution >= 4 is 56.1 Å². The second-order valence-corrected chi connectivity index (χ2v) is 12.5. The van der Waals surface area contributed by atoms with E-state index in [0.717, 1.165) is 18.2 Å². The number of sulfonamides is 1. The van der Waals surface area contributed by atoms with Crippen LogP contribution in [0.1, 0.15) is 38.3 Å². The van der Waals surface area contributed by atoms with E-state index in [9.17, 15) is 42.0 Å². The molecule has 0 saturated heterocycles. The number of carboxylic acid groups (broad SMARTS) is 2. The fraction of sp³-hybridized carbons (Fsp3) is 0.185. The molecule has 0 fully saturated rings. The van der Waals surface area contributed by atoms with Crippen LogP contribution in [0, 0.1) is 0 Å². The summed E-state index contributed by atoms with van der Waals surface area (Å²) >= 11 is 6.06. The molecule has 0 bridgehead atoms. The zero-order valence-electron chi connectivity index (χ0n) is 21.7. The van der Waals surface area contributed by atoms with Crippen molar-refractivity contribution < 1.29 is 47.1 Å². The van der Waals surface area contributed by atoms with E-state index in [4.69, 9.17) is 16.7 Å². The molecule has 3 aromatic carbocycles. The first-order chi connectivity index (χ1) is 19.8. The van der Waals surface area contributed by atoms with E-state index < -0.39 is 74.0 Å². The maximum Gasteiger partial charge on any atom is 0.339 e. The summed E-state index contributed by atoms with van der Waals surface area (Å²) in [5.41, 5.74) is 0.437. The Balaban J connectivity index is 1.63. The van der Waals surface area contributed by atoms with Gasteiger partial charge < -0.3 is 20.6 Å². The van der Waals surface area contributed by atoms with Crippen LogP contribution in [0.15, 0.2) is 71.6 Å². The number of ketones is 1. The number of hydrogen-bond acceptors (Lipinski definition) is 8. The Morgan fingerprint density at radius 2 is 1.62 bits per heavy atom. The van der Waals surface area contributed by atoms with Gasteiger partial charge >= 0.3 is 11.9 Å². The Hall–Kier alpha value is -4.11. The molecule has 3 aromatic rings. The first kappa shape index (κ1) is 32.4. The Labute approximate surface area is 247 Å². The SMILES string of the molecule is O=C(O)C[C@H](NC(=O)c1ccc(CNS(=O)(=O)c2ccc(O)c(C(=O)O)c2)cc1)C(=O)CS(=O)Cc1ccccc1Cl. The first-order valence-corrected chi connectivity index (χ1v) is 15.4. The summed E-state index contributed by atoms with van der Waals surface area (Å²) in [5.74, 6) is -5.48. The number of carbonyl (C=O) groups excluding carboxylic acids is 2. The Bertz CT molecular complexity index is 1640. The van der Waals surface area contributed by atoms with Gasteiger partial charge in [-0.3, -0.25) is 18.6 Å². The number of aliphatic carboxylic acids is 1. The monoisotopic (exact) mass is 636 g/mol. The highest BCUT2D eigenvalue weighted by Gasteiger charge is 2.26. The molecule has 12 nitrogen and oxygen atoms in total. The van der Waals surface area contributed by atoms with Crippen LogP contribution in [0.4, 0.5) is 0 Å². The average molecular weight is 637 g/mol. The number of rotatable bonds is 14. The van der Waals surface area contributed by atoms with E-state index in [1.165, 1.54) is 24.3 Å². The number of Topliss-reactive ketones (excluding diaryl/α,β-unsaturated/α-hetero) is 1. The van der Waals surface area contributed by atoms with Crippen LogP contribution in [-0.2, 0) is 42.7 Å². The number of benzene rings is 3. The van der Waals surface area contributed by atoms with Gasteiger partial charge in [-0.25, -0.2) is 17.9 Å². The molecule has 0 aliphatic carbocycles. The molecule has 0 heterocycles. The second-order valence-electron chi connectivity index (χ2n) is 8.92. The number of amides is 1. The third kappa shape index (κ3) is 8.94. The number of phenols is 1. The summed E-state index contributed by atoms with van der Waals surface area (Å²) in [4.78, 5) is 47.6. The number of aromatic hydroxyl groups is 1. The normalized spacial score (nSPS) is 12.7. The van der Waals surface area contributed by atoms with Crippen molar-refractivity contribution in [2.75, 3.05) is 5.75 Å². The van der Waals surface area contributed by atoms with E-state index in [-0.39, 0.29) is 22.8 Å². The summed E-state index contributed by atoms with van der Waals surface area (Å²) in [7, 11) is -5.87. The molecular weight excluding hydrogens is 612 g/mol. The molecule has 0 saturated carbocycles. The predicted molar refractivity (Wildman–Crippen MR) is 152 cm³/mol. The maximum absolute atomic E-state index is 12.8. The molecule has 0 aromatic heterocycles. The minimum absolute atomic E-state index is 0.0299. The van der Waals surface area contributed by atoms with Crippen LogP contribution >= 0.6 is 11.6 Å². The second kappa shape index (κ2) is 14.2. The van der Waals surface area contributed by atoms with Gasteiger partial charge in [-0.2, -0.15) is 0 Å². The van der Waals surface area contributed by atoms with Gasteiger partial charge in [-0.05, 0) is 47.5 Å². The van der Waals surface area contributed by atoms with Gasteiger partial charge in [0.2, 0.25) is 10.0 Å². The van der Waals surface area contributed by atoms with Crippen molar-refractivity contribution in [3.63, 3.8) is 0 Å². The minimum Gasteiger partial charge on any atom is -0.507 e. The number of halogens is 1. The maximum atomic E-state index is 12.8. The van der Waals surface area contributed by atoms with Gasteiger partial charge in [0.1, 0.15) is 11.3 Å². The lowest BCUT2D eigenvalue weighted by molar-refractivity contribution is -0.139. The van der Waals surface area contributed by atoms with Crippen LogP contribution in [0.3, 0.4) is 0 Å². The third-order valence-electron chi connectivity index (χ3n) is 5.84. The minimum atomic E-state index is -4.16. The van der Waals surface area contributed by atoms with Crippen LogP contribution in [0.2, 0.25) is 5.02 Å². The van der Waals surface area contributed by atoms with E-state index in [0.29, 0.717) is 16.1 Å². The first-order valence-electron chi connectivity index (χ1n) is 12.1. The summed E-state index contributed by atoms with van der Waals surface area (Å²) in [5, 5.41) is 30.6. The molecule has 5 N–H and O–H groups in total. The Morgan fingerprint density at radius 3 is 2.24 bits per heavy atom. The van der Waals surface area contributed by atoms with Gasteiger partial charge in [-0.15, -0.1) is 0 Å². The lowest BCUT2D eigenvalue weighted by atomic mass is 10.1. The fourth-order valence-electron chi connectivity index (χ4n) is 3.65. The topological polar surface area (TPSA) is 204 Å². The fourth-order valence-corrected chi connectivity index (χ4v) is 6.19. The van der Waals surface area contributed by atoms with Gasteiger partial charge in [0.05, 0.1) is 28.9 Å². The Kier molecular flexibility index (Phi) is 10.9. The molecule has 42 heavy (non-hydrogen) atoms. The van der Waals surface area contributed by atoms with E-state index in [1.54, 1.807) is 24.3 Å². The smallest absolute Gasteiger partial charge is 0.339 e. The zero-order chi connectivity index (χ0) is 31.0. The molecule has 0 radical (unpaired) electrons. The molecule has 3 rings (SSSR count). The van der Waals surface area contributed by atoms with Crippen molar-refractivity contribution in [3.05, 3.63) is 94.0 Å². The van der Waals surface area contributed by atoms with Crippen molar-refractivity contribution in [1.82, 2.24) is 10.0 Å². The number of aromatic carboxylic acids is 1. The van der Waals surface area contributed by atoms with Crippen molar-refractivity contribution in [2.45, 2.75) is 29.7 Å². The van der Waals surface area contributed by atoms with Gasteiger partial charge in [0.15, 0.2) is 5.78 Å². The van der Waals surface area contributed by atoms with Crippen molar-refractivity contribution in [1.29, 1.82) is 0 Å². The molecule has 2 atom stereocenters. The summed E-state index contributed by atoms with van der Waals surface area (Å²) in [6, 6.07) is 13.5. The summed E-state index contributed by atoms with van der Waals surface area (Å²) in [6.45, 7) is -0.231. The molecule has 15 heteroatoms. The number of carboxylic acids is 2. The van der Waals surface area contributed by atoms with Crippen LogP contribution < -0.4 is 10.0 Å². The van der Waals surface area contributed by atoms with E-state index in [1.807, 2.05) is 0 Å². The highest BCUT2D eigenvalue weighted by Crippen LogP contribution is 2.22. The quantitative estimate of drug-likeness (QED) is 0.175. The molecule has 0 aliphatic rings. The lowest BCUT2D eigenvalue weighted by Gasteiger charge is -2.16. The molecule has 0 aliphatic heterocycles. The number of nitrogens with one attached hydrogen (secondary N) is 2. The average Bonchev–Trinajstić information content (AvgIpc) is 2.92. The van der Waals surface area contributed by atoms with E-state index in [2.05, 4.69) is 10.0 Å². The Morgan fingerprint density at radius 1 is 0.952 bits per heavy atom. The molecular formula is C27H25ClN2O10S2. The molecule has 222 valence electrons. The van der Waals surface area contributed by atoms with Gasteiger partial charge in [-0.1, -0.05) is 41.9 Å².